The molecule has 1 unspecified atom stereocenters. The first-order valence-electron chi connectivity index (χ1n) is 6.64. The first-order chi connectivity index (χ1) is 10.5. The second-order valence-electron chi connectivity index (χ2n) is 4.85. The molecule has 116 valence electrons. The monoisotopic (exact) mass is 323 g/mol. The molecule has 0 amide bonds. The number of halogens is 2. The Morgan fingerprint density at radius 3 is 2.68 bits per heavy atom. The van der Waals surface area contributed by atoms with E-state index in [1.54, 1.807) is 19.1 Å². The van der Waals surface area contributed by atoms with Gasteiger partial charge in [0.25, 0.3) is 0 Å². The normalized spacial score (nSPS) is 12.1. The van der Waals surface area contributed by atoms with Crippen molar-refractivity contribution in [3.63, 3.8) is 0 Å². The number of nitrogens with one attached hydrogen (secondary N) is 1. The number of aryl methyl sites for hydroxylation is 1. The molecular weight excluding hydrogens is 309 g/mol. The number of aliphatic carboxylic acids is 1. The molecule has 0 bridgehead atoms. The number of hydrogen-bond acceptors (Lipinski definition) is 4. The van der Waals surface area contributed by atoms with E-state index in [2.05, 4.69) is 15.3 Å². The smallest absolute Gasteiger partial charge is 0.321 e. The number of carbonyl (C=O) groups is 1. The Labute approximate surface area is 132 Å². The van der Waals surface area contributed by atoms with Gasteiger partial charge in [-0.25, -0.2) is 14.4 Å². The van der Waals surface area contributed by atoms with Gasteiger partial charge in [0.1, 0.15) is 17.7 Å². The molecular formula is C15H15ClFN3O2. The summed E-state index contributed by atoms with van der Waals surface area (Å²) in [5.74, 6) is -1.12. The van der Waals surface area contributed by atoms with Crippen LogP contribution in [0.1, 0.15) is 17.0 Å². The Morgan fingerprint density at radius 1 is 1.41 bits per heavy atom. The van der Waals surface area contributed by atoms with Crippen molar-refractivity contribution < 1.29 is 14.3 Å². The molecule has 22 heavy (non-hydrogen) atoms. The van der Waals surface area contributed by atoms with Crippen molar-refractivity contribution in [2.75, 3.05) is 0 Å². The summed E-state index contributed by atoms with van der Waals surface area (Å²) in [7, 11) is 0. The van der Waals surface area contributed by atoms with Crippen LogP contribution in [0, 0.1) is 12.7 Å². The van der Waals surface area contributed by atoms with Gasteiger partial charge in [0, 0.05) is 35.9 Å². The third-order valence-corrected chi connectivity index (χ3v) is 3.45. The maximum absolute atomic E-state index is 13.9. The lowest BCUT2D eigenvalue weighted by molar-refractivity contribution is -0.139. The zero-order valence-electron chi connectivity index (χ0n) is 11.9. The number of rotatable bonds is 6. The summed E-state index contributed by atoms with van der Waals surface area (Å²) in [5, 5.41) is 12.3. The van der Waals surface area contributed by atoms with Crippen LogP contribution in [-0.2, 0) is 17.8 Å². The van der Waals surface area contributed by atoms with Gasteiger partial charge in [-0.3, -0.25) is 10.1 Å². The van der Waals surface area contributed by atoms with Crippen molar-refractivity contribution in [2.24, 2.45) is 0 Å². The highest BCUT2D eigenvalue weighted by Crippen LogP contribution is 2.21. The number of carboxylic acid groups (broad SMARTS) is 1. The Balaban J connectivity index is 2.08. The predicted octanol–water partition coefficient (Wildman–Crippen LogP) is 2.36. The molecule has 0 saturated heterocycles. The molecule has 2 N–H and O–H groups in total. The topological polar surface area (TPSA) is 75.1 Å². The van der Waals surface area contributed by atoms with Crippen LogP contribution in [0.4, 0.5) is 4.39 Å². The highest BCUT2D eigenvalue weighted by atomic mass is 35.5. The Morgan fingerprint density at radius 2 is 2.09 bits per heavy atom. The van der Waals surface area contributed by atoms with Crippen molar-refractivity contribution >= 4 is 17.6 Å². The van der Waals surface area contributed by atoms with Crippen LogP contribution in [0.2, 0.25) is 5.02 Å². The van der Waals surface area contributed by atoms with Crippen molar-refractivity contribution in [2.45, 2.75) is 25.9 Å². The lowest BCUT2D eigenvalue weighted by atomic mass is 10.1. The van der Waals surface area contributed by atoms with E-state index in [9.17, 15) is 14.3 Å². The third kappa shape index (κ3) is 4.22. The largest absolute Gasteiger partial charge is 0.480 e. The predicted molar refractivity (Wildman–Crippen MR) is 80.1 cm³/mol. The molecule has 0 fully saturated rings. The van der Waals surface area contributed by atoms with Gasteiger partial charge in [-0.15, -0.1) is 0 Å². The summed E-state index contributed by atoms with van der Waals surface area (Å²) >= 11 is 6.01. The van der Waals surface area contributed by atoms with Crippen LogP contribution in [0.3, 0.4) is 0 Å². The SMILES string of the molecule is Cc1cc(F)c(CNC(Cc2ncccn2)C(=O)O)c(Cl)c1. The fraction of sp³-hybridized carbons (Fsp3) is 0.267. The number of benzene rings is 1. The van der Waals surface area contributed by atoms with Crippen LogP contribution in [0.5, 0.6) is 0 Å². The Kier molecular flexibility index (Phi) is 5.41. The molecule has 2 aromatic rings. The van der Waals surface area contributed by atoms with Gasteiger partial charge in [-0.1, -0.05) is 11.6 Å². The molecule has 0 spiro atoms. The molecule has 7 heteroatoms. The molecule has 0 aliphatic heterocycles. The van der Waals surface area contributed by atoms with E-state index in [-0.39, 0.29) is 23.6 Å². The van der Waals surface area contributed by atoms with Crippen LogP contribution >= 0.6 is 11.6 Å². The Hall–Kier alpha value is -2.05. The van der Waals surface area contributed by atoms with E-state index in [1.165, 1.54) is 18.5 Å². The number of hydrogen-bond donors (Lipinski definition) is 2. The second kappa shape index (κ2) is 7.29. The summed E-state index contributed by atoms with van der Waals surface area (Å²) in [6.07, 6.45) is 3.18. The average Bonchev–Trinajstić information content (AvgIpc) is 2.45. The van der Waals surface area contributed by atoms with E-state index in [0.717, 1.165) is 0 Å². The summed E-state index contributed by atoms with van der Waals surface area (Å²) < 4.78 is 13.9. The number of aromatic nitrogens is 2. The van der Waals surface area contributed by atoms with Gasteiger partial charge in [0.05, 0.1) is 0 Å². The van der Waals surface area contributed by atoms with Gasteiger partial charge >= 0.3 is 5.97 Å². The molecule has 1 atom stereocenters. The average molecular weight is 324 g/mol. The van der Waals surface area contributed by atoms with Crippen molar-refractivity contribution in [1.29, 1.82) is 0 Å². The van der Waals surface area contributed by atoms with E-state index < -0.39 is 17.8 Å². The highest BCUT2D eigenvalue weighted by Gasteiger charge is 2.20. The van der Waals surface area contributed by atoms with Crippen molar-refractivity contribution in [3.05, 3.63) is 58.4 Å². The molecule has 0 saturated carbocycles. The van der Waals surface area contributed by atoms with Crippen LogP contribution < -0.4 is 5.32 Å². The molecule has 0 radical (unpaired) electrons. The quantitative estimate of drug-likeness (QED) is 0.853. The molecule has 2 rings (SSSR count). The second-order valence-corrected chi connectivity index (χ2v) is 5.26. The van der Waals surface area contributed by atoms with E-state index in [1.807, 2.05) is 0 Å². The maximum Gasteiger partial charge on any atom is 0.321 e. The molecule has 1 aromatic carbocycles. The number of carboxylic acids is 1. The van der Waals surface area contributed by atoms with Gasteiger partial charge in [-0.05, 0) is 30.7 Å². The minimum absolute atomic E-state index is 0.00868. The highest BCUT2D eigenvalue weighted by molar-refractivity contribution is 6.31. The molecule has 0 aliphatic carbocycles. The fourth-order valence-electron chi connectivity index (χ4n) is 1.99. The summed E-state index contributed by atoms with van der Waals surface area (Å²) in [6.45, 7) is 1.74. The standard InChI is InChI=1S/C15H15ClFN3O2/c1-9-5-11(16)10(12(17)6-9)8-20-13(15(21)22)7-14-18-3-2-4-19-14/h2-6,13,20H,7-8H2,1H3,(H,21,22). The molecule has 1 aromatic heterocycles. The molecule has 0 aliphatic rings. The van der Waals surface area contributed by atoms with Crippen molar-refractivity contribution in [1.82, 2.24) is 15.3 Å². The zero-order valence-corrected chi connectivity index (χ0v) is 12.6. The van der Waals surface area contributed by atoms with E-state index >= 15 is 0 Å². The maximum atomic E-state index is 13.9. The fourth-order valence-corrected chi connectivity index (χ4v) is 2.32. The first kappa shape index (κ1) is 16.3. The molecule has 5 nitrogen and oxygen atoms in total. The minimum Gasteiger partial charge on any atom is -0.480 e. The minimum atomic E-state index is -1.06. The lowest BCUT2D eigenvalue weighted by Crippen LogP contribution is -2.38. The Bertz CT molecular complexity index is 644. The van der Waals surface area contributed by atoms with Crippen LogP contribution in [-0.4, -0.2) is 27.1 Å². The lowest BCUT2D eigenvalue weighted by Gasteiger charge is -2.15. The van der Waals surface area contributed by atoms with Crippen LogP contribution in [0.25, 0.3) is 0 Å². The first-order valence-corrected chi connectivity index (χ1v) is 7.01. The zero-order chi connectivity index (χ0) is 16.1. The summed E-state index contributed by atoms with van der Waals surface area (Å²) in [6, 6.07) is 3.71. The molecule has 1 heterocycles. The van der Waals surface area contributed by atoms with E-state index in [4.69, 9.17) is 11.6 Å². The van der Waals surface area contributed by atoms with Gasteiger partial charge < -0.3 is 5.11 Å². The summed E-state index contributed by atoms with van der Waals surface area (Å²) in [4.78, 5) is 19.3. The number of nitrogens with zero attached hydrogens (tertiary/aromatic N) is 2. The van der Waals surface area contributed by atoms with Crippen LogP contribution in [0.15, 0.2) is 30.6 Å². The third-order valence-electron chi connectivity index (χ3n) is 3.11. The van der Waals surface area contributed by atoms with Gasteiger partial charge in [-0.2, -0.15) is 0 Å². The van der Waals surface area contributed by atoms with Gasteiger partial charge in [0.15, 0.2) is 0 Å². The van der Waals surface area contributed by atoms with E-state index in [0.29, 0.717) is 11.4 Å². The summed E-state index contributed by atoms with van der Waals surface area (Å²) in [5.41, 5.74) is 0.950. The van der Waals surface area contributed by atoms with Gasteiger partial charge in [0.2, 0.25) is 0 Å². The van der Waals surface area contributed by atoms with Crippen molar-refractivity contribution in [3.8, 4) is 0 Å².